The van der Waals surface area contributed by atoms with Crippen molar-refractivity contribution < 1.29 is 4.79 Å². The molecule has 0 aliphatic carbocycles. The first-order chi connectivity index (χ1) is 8.56. The first-order valence-electron chi connectivity index (χ1n) is 6.29. The van der Waals surface area contributed by atoms with Gasteiger partial charge in [0, 0.05) is 34.9 Å². The summed E-state index contributed by atoms with van der Waals surface area (Å²) in [5.74, 6) is 0.757. The zero-order chi connectivity index (χ0) is 13.1. The highest BCUT2D eigenvalue weighted by Gasteiger charge is 2.22. The van der Waals surface area contributed by atoms with Crippen molar-refractivity contribution in [3.63, 3.8) is 0 Å². The average molecular weight is 331 g/mol. The number of amides is 2. The molecule has 100 valence electrons. The summed E-state index contributed by atoms with van der Waals surface area (Å²) in [7, 11) is 1.88. The number of hydrogen-bond acceptors (Lipinski definition) is 2. The molecule has 0 spiro atoms. The van der Waals surface area contributed by atoms with E-state index in [1.807, 2.05) is 16.8 Å². The topological polar surface area (TPSA) is 23.6 Å². The number of rotatable bonds is 2. The third kappa shape index (κ3) is 3.48. The molecule has 2 amide bonds. The minimum atomic E-state index is 0.159. The van der Waals surface area contributed by atoms with Crippen LogP contribution in [0, 0.1) is 5.92 Å². The van der Waals surface area contributed by atoms with E-state index in [4.69, 9.17) is 0 Å². The summed E-state index contributed by atoms with van der Waals surface area (Å²) in [6.07, 6.45) is 2.26. The zero-order valence-corrected chi connectivity index (χ0v) is 13.3. The lowest BCUT2D eigenvalue weighted by atomic mass is 10.00. The largest absolute Gasteiger partial charge is 0.325 e. The Bertz CT molecular complexity index is 413. The molecule has 0 aromatic carbocycles. The Morgan fingerprint density at radius 2 is 2.22 bits per heavy atom. The number of hydrogen-bond donors (Lipinski definition) is 0. The molecule has 1 aromatic rings. The molecule has 2 heterocycles. The number of carbonyl (C=O) groups is 1. The van der Waals surface area contributed by atoms with E-state index in [9.17, 15) is 4.79 Å². The summed E-state index contributed by atoms with van der Waals surface area (Å²) < 4.78 is 1.09. The third-order valence-electron chi connectivity index (χ3n) is 3.40. The van der Waals surface area contributed by atoms with Gasteiger partial charge >= 0.3 is 6.03 Å². The number of thiophene rings is 1. The van der Waals surface area contributed by atoms with Gasteiger partial charge in [0.15, 0.2) is 0 Å². The predicted octanol–water partition coefficient (Wildman–Crippen LogP) is 3.79. The van der Waals surface area contributed by atoms with Gasteiger partial charge in [-0.1, -0.05) is 6.92 Å². The van der Waals surface area contributed by atoms with Crippen molar-refractivity contribution in [2.45, 2.75) is 26.3 Å². The Labute approximate surface area is 121 Å². The van der Waals surface area contributed by atoms with Crippen LogP contribution in [-0.4, -0.2) is 36.0 Å². The van der Waals surface area contributed by atoms with Crippen molar-refractivity contribution in [2.75, 3.05) is 20.1 Å². The summed E-state index contributed by atoms with van der Waals surface area (Å²) in [4.78, 5) is 17.3. The van der Waals surface area contributed by atoms with Crippen LogP contribution in [0.1, 0.15) is 24.6 Å². The summed E-state index contributed by atoms with van der Waals surface area (Å²) >= 11 is 5.12. The van der Waals surface area contributed by atoms with Gasteiger partial charge in [-0.2, -0.15) is 0 Å². The fourth-order valence-electron chi connectivity index (χ4n) is 2.18. The van der Waals surface area contributed by atoms with E-state index in [-0.39, 0.29) is 6.03 Å². The van der Waals surface area contributed by atoms with Crippen LogP contribution in [0.2, 0.25) is 0 Å². The fourth-order valence-corrected chi connectivity index (χ4v) is 3.68. The SMILES string of the molecule is CC1CCN(C(=O)N(C)Cc2cc(Br)cs2)CC1. The molecule has 1 fully saturated rings. The monoisotopic (exact) mass is 330 g/mol. The van der Waals surface area contributed by atoms with E-state index in [1.54, 1.807) is 11.3 Å². The number of likely N-dealkylation sites (tertiary alicyclic amines) is 1. The van der Waals surface area contributed by atoms with Crippen LogP contribution in [0.4, 0.5) is 4.79 Å². The Morgan fingerprint density at radius 3 is 2.78 bits per heavy atom. The van der Waals surface area contributed by atoms with Crippen molar-refractivity contribution in [3.8, 4) is 0 Å². The Morgan fingerprint density at radius 1 is 1.56 bits per heavy atom. The van der Waals surface area contributed by atoms with Gasteiger partial charge in [-0.15, -0.1) is 11.3 Å². The molecule has 0 radical (unpaired) electrons. The van der Waals surface area contributed by atoms with E-state index in [0.29, 0.717) is 6.54 Å². The normalized spacial score (nSPS) is 16.9. The van der Waals surface area contributed by atoms with E-state index in [1.165, 1.54) is 4.88 Å². The standard InChI is InChI=1S/C13H19BrN2OS/c1-10-3-5-16(6-4-10)13(17)15(2)8-12-7-11(14)9-18-12/h7,9-10H,3-6,8H2,1-2H3. The van der Waals surface area contributed by atoms with Crippen LogP contribution < -0.4 is 0 Å². The molecule has 0 bridgehead atoms. The molecule has 0 unspecified atom stereocenters. The van der Waals surface area contributed by atoms with Crippen LogP contribution >= 0.6 is 27.3 Å². The maximum atomic E-state index is 12.3. The van der Waals surface area contributed by atoms with Gasteiger partial charge in [-0.3, -0.25) is 0 Å². The molecule has 0 saturated carbocycles. The lowest BCUT2D eigenvalue weighted by Gasteiger charge is -2.33. The number of nitrogens with zero attached hydrogens (tertiary/aromatic N) is 2. The predicted molar refractivity (Wildman–Crippen MR) is 78.9 cm³/mol. The summed E-state index contributed by atoms with van der Waals surface area (Å²) in [6, 6.07) is 2.23. The molecule has 0 atom stereocenters. The van der Waals surface area contributed by atoms with Crippen molar-refractivity contribution in [3.05, 3.63) is 20.8 Å². The van der Waals surface area contributed by atoms with Gasteiger partial charge in [0.2, 0.25) is 0 Å². The van der Waals surface area contributed by atoms with Crippen molar-refractivity contribution in [1.82, 2.24) is 9.80 Å². The van der Waals surface area contributed by atoms with Crippen molar-refractivity contribution >= 4 is 33.3 Å². The highest BCUT2D eigenvalue weighted by Crippen LogP contribution is 2.22. The number of halogens is 1. The van der Waals surface area contributed by atoms with E-state index in [2.05, 4.69) is 34.3 Å². The summed E-state index contributed by atoms with van der Waals surface area (Å²) in [5, 5.41) is 2.05. The summed E-state index contributed by atoms with van der Waals surface area (Å²) in [5.41, 5.74) is 0. The van der Waals surface area contributed by atoms with Crippen LogP contribution in [0.15, 0.2) is 15.9 Å². The first kappa shape index (κ1) is 13.9. The molecule has 3 nitrogen and oxygen atoms in total. The highest BCUT2D eigenvalue weighted by molar-refractivity contribution is 9.10. The summed E-state index contributed by atoms with van der Waals surface area (Å²) in [6.45, 7) is 4.76. The van der Waals surface area contributed by atoms with Crippen molar-refractivity contribution in [2.24, 2.45) is 5.92 Å². The van der Waals surface area contributed by atoms with E-state index < -0.39 is 0 Å². The van der Waals surface area contributed by atoms with E-state index in [0.717, 1.165) is 36.3 Å². The molecular formula is C13H19BrN2OS. The molecule has 0 N–H and O–H groups in total. The van der Waals surface area contributed by atoms with Gasteiger partial charge in [-0.05, 0) is 40.8 Å². The van der Waals surface area contributed by atoms with Gasteiger partial charge in [0.1, 0.15) is 0 Å². The smallest absolute Gasteiger partial charge is 0.320 e. The Hall–Kier alpha value is -0.550. The molecule has 18 heavy (non-hydrogen) atoms. The lowest BCUT2D eigenvalue weighted by Crippen LogP contribution is -2.44. The molecule has 1 aliphatic rings. The maximum Gasteiger partial charge on any atom is 0.320 e. The third-order valence-corrected chi connectivity index (χ3v) is 5.08. The number of piperidine rings is 1. The Balaban J connectivity index is 1.88. The number of urea groups is 1. The zero-order valence-electron chi connectivity index (χ0n) is 10.9. The molecule has 1 saturated heterocycles. The molecule has 5 heteroatoms. The second-order valence-electron chi connectivity index (χ2n) is 5.04. The maximum absolute atomic E-state index is 12.3. The second kappa shape index (κ2) is 6.06. The average Bonchev–Trinajstić information content (AvgIpc) is 2.75. The fraction of sp³-hybridized carbons (Fsp3) is 0.615. The number of carbonyl (C=O) groups excluding carboxylic acids is 1. The lowest BCUT2D eigenvalue weighted by molar-refractivity contribution is 0.141. The van der Waals surface area contributed by atoms with Crippen LogP contribution in [0.3, 0.4) is 0 Å². The van der Waals surface area contributed by atoms with Crippen LogP contribution in [0.25, 0.3) is 0 Å². The van der Waals surface area contributed by atoms with Crippen LogP contribution in [0.5, 0.6) is 0 Å². The quantitative estimate of drug-likeness (QED) is 0.809. The van der Waals surface area contributed by atoms with Gasteiger partial charge < -0.3 is 9.80 Å². The Kier molecular flexibility index (Phi) is 4.67. The second-order valence-corrected chi connectivity index (χ2v) is 6.95. The van der Waals surface area contributed by atoms with Crippen molar-refractivity contribution in [1.29, 1.82) is 0 Å². The van der Waals surface area contributed by atoms with Crippen LogP contribution in [-0.2, 0) is 6.54 Å². The minimum Gasteiger partial charge on any atom is -0.325 e. The van der Waals surface area contributed by atoms with Gasteiger partial charge in [0.25, 0.3) is 0 Å². The molecule has 1 aromatic heterocycles. The molecular weight excluding hydrogens is 312 g/mol. The van der Waals surface area contributed by atoms with Gasteiger partial charge in [-0.25, -0.2) is 4.79 Å². The first-order valence-corrected chi connectivity index (χ1v) is 7.96. The molecule has 2 rings (SSSR count). The van der Waals surface area contributed by atoms with Gasteiger partial charge in [0.05, 0.1) is 6.54 Å². The molecule has 1 aliphatic heterocycles. The minimum absolute atomic E-state index is 0.159. The van der Waals surface area contributed by atoms with E-state index >= 15 is 0 Å². The highest BCUT2D eigenvalue weighted by atomic mass is 79.9.